The minimum Gasteiger partial charge on any atom is -0.455 e. The molecule has 1 unspecified atom stereocenters. The molecule has 4 nitrogen and oxygen atoms in total. The second kappa shape index (κ2) is 7.92. The van der Waals surface area contributed by atoms with Gasteiger partial charge in [-0.15, -0.1) is 0 Å². The van der Waals surface area contributed by atoms with Gasteiger partial charge in [-0.2, -0.15) is 0 Å². The predicted octanol–water partition coefficient (Wildman–Crippen LogP) is 3.47. The molecule has 1 atom stereocenters. The van der Waals surface area contributed by atoms with Crippen LogP contribution in [-0.2, 0) is 6.54 Å². The van der Waals surface area contributed by atoms with Crippen molar-refractivity contribution in [2.45, 2.75) is 39.5 Å². The standard InChI is InChI=1S/C18H24N2O2/c1-14(2)20(12-15(3)21)13-16-7-4-5-9-18(16)22-17-8-6-10-19-11-17/h4-11,14-15,21H,12-13H2,1-3H3. The van der Waals surface area contributed by atoms with Crippen LogP contribution in [0.1, 0.15) is 26.3 Å². The molecule has 0 fully saturated rings. The maximum atomic E-state index is 9.67. The molecule has 1 N–H and O–H groups in total. The van der Waals surface area contributed by atoms with Crippen LogP contribution in [-0.4, -0.2) is 33.7 Å². The number of hydrogen-bond donors (Lipinski definition) is 1. The highest BCUT2D eigenvalue weighted by molar-refractivity contribution is 5.37. The summed E-state index contributed by atoms with van der Waals surface area (Å²) in [5.41, 5.74) is 1.10. The number of aromatic nitrogens is 1. The van der Waals surface area contributed by atoms with Crippen LogP contribution in [0, 0.1) is 0 Å². The van der Waals surface area contributed by atoms with Gasteiger partial charge in [0.1, 0.15) is 11.5 Å². The number of pyridine rings is 1. The number of hydrogen-bond acceptors (Lipinski definition) is 4. The second-order valence-corrected chi connectivity index (χ2v) is 5.77. The molecular formula is C18H24N2O2. The quantitative estimate of drug-likeness (QED) is 0.850. The molecular weight excluding hydrogens is 276 g/mol. The minimum atomic E-state index is -0.353. The van der Waals surface area contributed by atoms with E-state index >= 15 is 0 Å². The third-order valence-corrected chi connectivity index (χ3v) is 3.44. The fourth-order valence-corrected chi connectivity index (χ4v) is 2.28. The van der Waals surface area contributed by atoms with Crippen LogP contribution in [0.4, 0.5) is 0 Å². The van der Waals surface area contributed by atoms with Gasteiger partial charge in [0.05, 0.1) is 12.3 Å². The number of ether oxygens (including phenoxy) is 1. The molecule has 0 bridgehead atoms. The van der Waals surface area contributed by atoms with Gasteiger partial charge >= 0.3 is 0 Å². The molecule has 0 saturated heterocycles. The first-order valence-corrected chi connectivity index (χ1v) is 7.64. The topological polar surface area (TPSA) is 45.6 Å². The number of aliphatic hydroxyl groups excluding tert-OH is 1. The molecule has 1 aromatic heterocycles. The first-order valence-electron chi connectivity index (χ1n) is 7.64. The van der Waals surface area contributed by atoms with Crippen molar-refractivity contribution in [2.24, 2.45) is 0 Å². The van der Waals surface area contributed by atoms with E-state index in [1.807, 2.05) is 37.3 Å². The third kappa shape index (κ3) is 4.83. The zero-order valence-corrected chi connectivity index (χ0v) is 13.4. The van der Waals surface area contributed by atoms with E-state index in [-0.39, 0.29) is 6.10 Å². The molecule has 0 aliphatic heterocycles. The molecule has 22 heavy (non-hydrogen) atoms. The van der Waals surface area contributed by atoms with Crippen molar-refractivity contribution in [2.75, 3.05) is 6.54 Å². The van der Waals surface area contributed by atoms with Gasteiger partial charge in [-0.05, 0) is 39.0 Å². The predicted molar refractivity (Wildman–Crippen MR) is 88.0 cm³/mol. The van der Waals surface area contributed by atoms with E-state index in [1.165, 1.54) is 0 Å². The Kier molecular flexibility index (Phi) is 5.92. The summed E-state index contributed by atoms with van der Waals surface area (Å²) in [6, 6.07) is 12.1. The molecule has 1 aromatic carbocycles. The summed E-state index contributed by atoms with van der Waals surface area (Å²) in [5, 5.41) is 9.67. The lowest BCUT2D eigenvalue weighted by Crippen LogP contribution is -2.36. The van der Waals surface area contributed by atoms with Crippen molar-refractivity contribution < 1.29 is 9.84 Å². The summed E-state index contributed by atoms with van der Waals surface area (Å²) in [6.45, 7) is 7.45. The average Bonchev–Trinajstić information content (AvgIpc) is 2.49. The molecule has 0 saturated carbocycles. The van der Waals surface area contributed by atoms with Crippen LogP contribution in [0.3, 0.4) is 0 Å². The van der Waals surface area contributed by atoms with E-state index in [9.17, 15) is 5.11 Å². The lowest BCUT2D eigenvalue weighted by molar-refractivity contribution is 0.102. The van der Waals surface area contributed by atoms with Crippen LogP contribution in [0.5, 0.6) is 11.5 Å². The van der Waals surface area contributed by atoms with Crippen LogP contribution in [0.25, 0.3) is 0 Å². The Morgan fingerprint density at radius 2 is 1.91 bits per heavy atom. The third-order valence-electron chi connectivity index (χ3n) is 3.44. The number of benzene rings is 1. The molecule has 118 valence electrons. The van der Waals surface area contributed by atoms with E-state index in [2.05, 4.69) is 29.8 Å². The smallest absolute Gasteiger partial charge is 0.145 e. The van der Waals surface area contributed by atoms with Crippen molar-refractivity contribution in [1.82, 2.24) is 9.88 Å². The maximum Gasteiger partial charge on any atom is 0.145 e. The molecule has 2 rings (SSSR count). The van der Waals surface area contributed by atoms with Crippen molar-refractivity contribution in [3.8, 4) is 11.5 Å². The van der Waals surface area contributed by atoms with Gasteiger partial charge in [-0.25, -0.2) is 0 Å². The molecule has 0 aliphatic rings. The molecule has 2 aromatic rings. The Balaban J connectivity index is 2.16. The van der Waals surface area contributed by atoms with Crippen LogP contribution < -0.4 is 4.74 Å². The van der Waals surface area contributed by atoms with Crippen LogP contribution in [0.15, 0.2) is 48.8 Å². The zero-order valence-electron chi connectivity index (χ0n) is 13.4. The molecule has 1 heterocycles. The Hall–Kier alpha value is -1.91. The Bertz CT molecular complexity index is 570. The average molecular weight is 300 g/mol. The fourth-order valence-electron chi connectivity index (χ4n) is 2.28. The van der Waals surface area contributed by atoms with Gasteiger partial charge in [-0.3, -0.25) is 9.88 Å². The Morgan fingerprint density at radius 1 is 1.14 bits per heavy atom. The van der Waals surface area contributed by atoms with Gasteiger partial charge in [-0.1, -0.05) is 18.2 Å². The Labute approximate surface area is 132 Å². The van der Waals surface area contributed by atoms with Gasteiger partial charge in [0.2, 0.25) is 0 Å². The monoisotopic (exact) mass is 300 g/mol. The number of nitrogens with zero attached hydrogens (tertiary/aromatic N) is 2. The summed E-state index contributed by atoms with van der Waals surface area (Å²) in [7, 11) is 0. The first kappa shape index (κ1) is 16.5. The van der Waals surface area contributed by atoms with E-state index in [0.717, 1.165) is 23.6 Å². The highest BCUT2D eigenvalue weighted by atomic mass is 16.5. The lowest BCUT2D eigenvalue weighted by Gasteiger charge is -2.28. The highest BCUT2D eigenvalue weighted by Crippen LogP contribution is 2.26. The molecule has 4 heteroatoms. The van der Waals surface area contributed by atoms with Gasteiger partial charge in [0.15, 0.2) is 0 Å². The summed E-state index contributed by atoms with van der Waals surface area (Å²) in [5.74, 6) is 1.55. The highest BCUT2D eigenvalue weighted by Gasteiger charge is 2.15. The summed E-state index contributed by atoms with van der Waals surface area (Å²) in [6.07, 6.45) is 3.07. The van der Waals surface area contributed by atoms with Crippen LogP contribution >= 0.6 is 0 Å². The van der Waals surface area contributed by atoms with E-state index in [4.69, 9.17) is 4.74 Å². The van der Waals surface area contributed by atoms with Crippen molar-refractivity contribution in [3.63, 3.8) is 0 Å². The van der Waals surface area contributed by atoms with Crippen molar-refractivity contribution in [1.29, 1.82) is 0 Å². The SMILES string of the molecule is CC(O)CN(Cc1ccccc1Oc1cccnc1)C(C)C. The number of rotatable bonds is 7. The normalized spacial score (nSPS) is 12.6. The Morgan fingerprint density at radius 3 is 2.55 bits per heavy atom. The number of aliphatic hydroxyl groups is 1. The van der Waals surface area contributed by atoms with Gasteiger partial charge < -0.3 is 9.84 Å². The van der Waals surface area contributed by atoms with Crippen molar-refractivity contribution >= 4 is 0 Å². The fraction of sp³-hybridized carbons (Fsp3) is 0.389. The lowest BCUT2D eigenvalue weighted by atomic mass is 10.1. The largest absolute Gasteiger partial charge is 0.455 e. The molecule has 0 radical (unpaired) electrons. The van der Waals surface area contributed by atoms with E-state index in [0.29, 0.717) is 12.6 Å². The van der Waals surface area contributed by atoms with Gasteiger partial charge in [0, 0.05) is 30.9 Å². The maximum absolute atomic E-state index is 9.67. The van der Waals surface area contributed by atoms with Crippen molar-refractivity contribution in [3.05, 3.63) is 54.4 Å². The van der Waals surface area contributed by atoms with Crippen LogP contribution in [0.2, 0.25) is 0 Å². The summed E-state index contributed by atoms with van der Waals surface area (Å²) < 4.78 is 5.94. The molecule has 0 amide bonds. The zero-order chi connectivity index (χ0) is 15.9. The van der Waals surface area contributed by atoms with Gasteiger partial charge in [0.25, 0.3) is 0 Å². The first-order chi connectivity index (χ1) is 10.6. The van der Waals surface area contributed by atoms with E-state index < -0.39 is 0 Å². The minimum absolute atomic E-state index is 0.348. The molecule has 0 aliphatic carbocycles. The van der Waals surface area contributed by atoms with E-state index in [1.54, 1.807) is 12.4 Å². The molecule has 0 spiro atoms. The summed E-state index contributed by atoms with van der Waals surface area (Å²) in [4.78, 5) is 6.30. The second-order valence-electron chi connectivity index (χ2n) is 5.77. The summed E-state index contributed by atoms with van der Waals surface area (Å²) >= 11 is 0. The number of para-hydroxylation sites is 1.